The van der Waals surface area contributed by atoms with Gasteiger partial charge in [-0.3, -0.25) is 14.9 Å². The zero-order chi connectivity index (χ0) is 15.8. The maximum absolute atomic E-state index is 12.6. The molecule has 114 valence electrons. The number of hydrogen-bond donors (Lipinski definition) is 1. The smallest absolute Gasteiger partial charge is 0.322 e. The van der Waals surface area contributed by atoms with Gasteiger partial charge in [-0.15, -0.1) is 11.8 Å². The van der Waals surface area contributed by atoms with Gasteiger partial charge in [0.2, 0.25) is 10.0 Å². The Morgan fingerprint density at radius 1 is 1.52 bits per heavy atom. The monoisotopic (exact) mass is 332 g/mol. The van der Waals surface area contributed by atoms with Crippen molar-refractivity contribution in [2.24, 2.45) is 0 Å². The molecule has 0 bridgehead atoms. The fourth-order valence-corrected chi connectivity index (χ4v) is 5.35. The van der Waals surface area contributed by atoms with Crippen LogP contribution in [0.25, 0.3) is 0 Å². The molecule has 1 aromatic rings. The van der Waals surface area contributed by atoms with Crippen LogP contribution >= 0.6 is 11.8 Å². The minimum Gasteiger partial charge on any atom is -0.480 e. The maximum atomic E-state index is 12.6. The van der Waals surface area contributed by atoms with Crippen molar-refractivity contribution in [3.8, 4) is 0 Å². The van der Waals surface area contributed by atoms with E-state index in [1.54, 1.807) is 0 Å². The van der Waals surface area contributed by atoms with Crippen molar-refractivity contribution in [1.29, 1.82) is 0 Å². The van der Waals surface area contributed by atoms with Crippen molar-refractivity contribution >= 4 is 33.4 Å². The SMILES string of the molecule is Cc1ccc([N+](=O)[O-])cc1S(=O)(=O)N1CSCC1C(=O)O. The summed E-state index contributed by atoms with van der Waals surface area (Å²) in [7, 11) is -4.09. The summed E-state index contributed by atoms with van der Waals surface area (Å²) in [6.45, 7) is 1.51. The standard InChI is InChI=1S/C11H12N2O6S2/c1-7-2-3-8(13(16)17)4-10(7)21(18,19)12-6-20-5-9(12)11(14)15/h2-4,9H,5-6H2,1H3,(H,14,15). The van der Waals surface area contributed by atoms with Gasteiger partial charge in [-0.05, 0) is 12.5 Å². The first-order valence-corrected chi connectivity index (χ1v) is 8.42. The molecular weight excluding hydrogens is 320 g/mol. The lowest BCUT2D eigenvalue weighted by molar-refractivity contribution is -0.385. The molecule has 1 unspecified atom stereocenters. The lowest BCUT2D eigenvalue weighted by atomic mass is 10.2. The van der Waals surface area contributed by atoms with Crippen molar-refractivity contribution < 1.29 is 23.2 Å². The van der Waals surface area contributed by atoms with Gasteiger partial charge in [0.05, 0.1) is 15.7 Å². The van der Waals surface area contributed by atoms with Gasteiger partial charge in [0.15, 0.2) is 0 Å². The Hall–Kier alpha value is -1.65. The average Bonchev–Trinajstić information content (AvgIpc) is 2.88. The molecule has 1 atom stereocenters. The molecule has 21 heavy (non-hydrogen) atoms. The van der Waals surface area contributed by atoms with Gasteiger partial charge < -0.3 is 5.11 Å². The van der Waals surface area contributed by atoms with Gasteiger partial charge in [-0.2, -0.15) is 4.31 Å². The van der Waals surface area contributed by atoms with E-state index in [9.17, 15) is 23.3 Å². The number of hydrogen-bond acceptors (Lipinski definition) is 6. The summed E-state index contributed by atoms with van der Waals surface area (Å²) in [6, 6.07) is 2.36. The van der Waals surface area contributed by atoms with Crippen LogP contribution in [0.4, 0.5) is 5.69 Å². The highest BCUT2D eigenvalue weighted by Crippen LogP contribution is 2.31. The topological polar surface area (TPSA) is 118 Å². The van der Waals surface area contributed by atoms with Gasteiger partial charge in [0.1, 0.15) is 6.04 Å². The lowest BCUT2D eigenvalue weighted by Gasteiger charge is -2.20. The Morgan fingerprint density at radius 3 is 2.76 bits per heavy atom. The Balaban J connectivity index is 2.51. The van der Waals surface area contributed by atoms with Gasteiger partial charge >= 0.3 is 5.97 Å². The first kappa shape index (κ1) is 15.7. The number of carboxylic acids is 1. The summed E-state index contributed by atoms with van der Waals surface area (Å²) in [5.74, 6) is -1.06. The number of nitro groups is 1. The molecule has 0 amide bonds. The zero-order valence-electron chi connectivity index (χ0n) is 10.9. The second-order valence-electron chi connectivity index (χ2n) is 4.45. The minimum atomic E-state index is -4.09. The van der Waals surface area contributed by atoms with E-state index in [1.165, 1.54) is 30.8 Å². The summed E-state index contributed by atoms with van der Waals surface area (Å²) < 4.78 is 26.0. The van der Waals surface area contributed by atoms with Crippen molar-refractivity contribution in [2.75, 3.05) is 11.6 Å². The minimum absolute atomic E-state index is 0.0153. The summed E-state index contributed by atoms with van der Waals surface area (Å²) in [6.07, 6.45) is 0. The van der Waals surface area contributed by atoms with Gasteiger partial charge in [0, 0.05) is 17.9 Å². The number of carboxylic acid groups (broad SMARTS) is 1. The van der Waals surface area contributed by atoms with Crippen LogP contribution in [0.15, 0.2) is 23.1 Å². The van der Waals surface area contributed by atoms with Crippen molar-refractivity contribution in [3.05, 3.63) is 33.9 Å². The number of sulfonamides is 1. The molecule has 1 aliphatic heterocycles. The van der Waals surface area contributed by atoms with Crippen LogP contribution < -0.4 is 0 Å². The third-order valence-corrected chi connectivity index (χ3v) is 6.27. The number of non-ortho nitro benzene ring substituents is 1. The third kappa shape index (κ3) is 2.87. The van der Waals surface area contributed by atoms with E-state index in [1.807, 2.05) is 0 Å². The molecule has 1 aromatic carbocycles. The first-order chi connectivity index (χ1) is 9.75. The predicted octanol–water partition coefficient (Wildman–Crippen LogP) is 1.05. The van der Waals surface area contributed by atoms with Crippen LogP contribution in [0.2, 0.25) is 0 Å². The number of benzene rings is 1. The number of aryl methyl sites for hydroxylation is 1. The largest absolute Gasteiger partial charge is 0.480 e. The molecule has 0 saturated carbocycles. The molecule has 2 rings (SSSR count). The Morgan fingerprint density at radius 2 is 2.19 bits per heavy atom. The molecule has 1 aliphatic rings. The highest BCUT2D eigenvalue weighted by Gasteiger charge is 2.41. The third-order valence-electron chi connectivity index (χ3n) is 3.10. The van der Waals surface area contributed by atoms with Gasteiger partial charge in [0.25, 0.3) is 5.69 Å². The van der Waals surface area contributed by atoms with E-state index in [4.69, 9.17) is 5.11 Å². The van der Waals surface area contributed by atoms with Crippen LogP contribution in [-0.2, 0) is 14.8 Å². The van der Waals surface area contributed by atoms with Crippen LogP contribution in [0.5, 0.6) is 0 Å². The van der Waals surface area contributed by atoms with Crippen LogP contribution in [-0.4, -0.2) is 46.4 Å². The second-order valence-corrected chi connectivity index (χ2v) is 7.31. The quantitative estimate of drug-likeness (QED) is 0.646. The number of carbonyl (C=O) groups is 1. The molecule has 0 aromatic heterocycles. The molecule has 8 nitrogen and oxygen atoms in total. The number of aliphatic carboxylic acids is 1. The molecule has 0 spiro atoms. The van der Waals surface area contributed by atoms with Crippen LogP contribution in [0, 0.1) is 17.0 Å². The van der Waals surface area contributed by atoms with Crippen molar-refractivity contribution in [3.63, 3.8) is 0 Å². The Kier molecular flexibility index (Phi) is 4.21. The molecule has 0 radical (unpaired) electrons. The molecule has 10 heteroatoms. The average molecular weight is 332 g/mol. The molecule has 1 N–H and O–H groups in total. The number of rotatable bonds is 4. The normalized spacial score (nSPS) is 19.6. The van der Waals surface area contributed by atoms with Crippen molar-refractivity contribution in [1.82, 2.24) is 4.31 Å². The van der Waals surface area contributed by atoms with E-state index < -0.39 is 27.0 Å². The zero-order valence-corrected chi connectivity index (χ0v) is 12.6. The molecule has 1 heterocycles. The summed E-state index contributed by atoms with van der Waals surface area (Å²) >= 11 is 1.19. The summed E-state index contributed by atoms with van der Waals surface area (Å²) in [4.78, 5) is 21.0. The Bertz CT molecular complexity index is 703. The van der Waals surface area contributed by atoms with E-state index in [0.717, 1.165) is 10.4 Å². The van der Waals surface area contributed by atoms with E-state index in [0.29, 0.717) is 5.56 Å². The van der Waals surface area contributed by atoms with Crippen molar-refractivity contribution in [2.45, 2.75) is 17.9 Å². The fourth-order valence-electron chi connectivity index (χ4n) is 1.97. The maximum Gasteiger partial charge on any atom is 0.322 e. The van der Waals surface area contributed by atoms with Gasteiger partial charge in [-0.25, -0.2) is 8.42 Å². The van der Waals surface area contributed by atoms with Crippen LogP contribution in [0.3, 0.4) is 0 Å². The predicted molar refractivity (Wildman–Crippen MR) is 75.6 cm³/mol. The molecule has 1 fully saturated rings. The first-order valence-electron chi connectivity index (χ1n) is 5.82. The molecule has 1 saturated heterocycles. The lowest BCUT2D eigenvalue weighted by Crippen LogP contribution is -2.41. The highest BCUT2D eigenvalue weighted by atomic mass is 32.2. The molecular formula is C11H12N2O6S2. The van der Waals surface area contributed by atoms with Gasteiger partial charge in [-0.1, -0.05) is 6.07 Å². The van der Waals surface area contributed by atoms with E-state index in [2.05, 4.69) is 0 Å². The van der Waals surface area contributed by atoms with E-state index in [-0.39, 0.29) is 22.2 Å². The summed E-state index contributed by atoms with van der Waals surface area (Å²) in [5, 5.41) is 19.9. The number of nitrogens with zero attached hydrogens (tertiary/aromatic N) is 2. The summed E-state index contributed by atoms with van der Waals surface area (Å²) in [5.41, 5.74) is -0.0143. The van der Waals surface area contributed by atoms with Crippen LogP contribution in [0.1, 0.15) is 5.56 Å². The Labute approximate surface area is 125 Å². The second kappa shape index (κ2) is 5.62. The highest BCUT2D eigenvalue weighted by molar-refractivity contribution is 8.00. The number of thioether (sulfide) groups is 1. The molecule has 0 aliphatic carbocycles. The van der Waals surface area contributed by atoms with E-state index >= 15 is 0 Å². The fraction of sp³-hybridized carbons (Fsp3) is 0.364. The number of nitro benzene ring substituents is 1.